The van der Waals surface area contributed by atoms with Gasteiger partial charge in [0.15, 0.2) is 0 Å². The smallest absolute Gasteiger partial charge is 0.139 e. The summed E-state index contributed by atoms with van der Waals surface area (Å²) in [5.74, 6) is 0.492. The third kappa shape index (κ3) is 7.31. The van der Waals surface area contributed by atoms with E-state index in [0.29, 0.717) is 22.3 Å². The van der Waals surface area contributed by atoms with Crippen LogP contribution in [0.3, 0.4) is 0 Å². The zero-order chi connectivity index (χ0) is 15.0. The van der Waals surface area contributed by atoms with Crippen LogP contribution in [0.25, 0.3) is 0 Å². The fourth-order valence-electron chi connectivity index (χ4n) is 1.62. The van der Waals surface area contributed by atoms with E-state index in [1.165, 1.54) is 0 Å². The molecule has 1 aromatic rings. The molecule has 0 radical (unpaired) electrons. The summed E-state index contributed by atoms with van der Waals surface area (Å²) >= 11 is 11.8. The van der Waals surface area contributed by atoms with Gasteiger partial charge < -0.3 is 20.1 Å². The molecule has 0 amide bonds. The van der Waals surface area contributed by atoms with E-state index >= 15 is 0 Å². The number of aliphatic hydroxyl groups is 1. The molecule has 0 spiro atoms. The Morgan fingerprint density at radius 3 is 2.80 bits per heavy atom. The van der Waals surface area contributed by atoms with Crippen molar-refractivity contribution in [3.8, 4) is 5.75 Å². The van der Waals surface area contributed by atoms with Crippen LogP contribution in [0.4, 0.5) is 0 Å². The van der Waals surface area contributed by atoms with Gasteiger partial charge in [-0.2, -0.15) is 0 Å². The van der Waals surface area contributed by atoms with Crippen LogP contribution in [-0.2, 0) is 0 Å². The van der Waals surface area contributed by atoms with Gasteiger partial charge in [0.2, 0.25) is 0 Å². The van der Waals surface area contributed by atoms with Crippen LogP contribution < -0.4 is 10.1 Å². The maximum Gasteiger partial charge on any atom is 0.139 e. The normalized spacial score (nSPS) is 12.7. The van der Waals surface area contributed by atoms with Crippen molar-refractivity contribution in [1.29, 1.82) is 0 Å². The first-order valence-corrected chi connectivity index (χ1v) is 7.36. The first kappa shape index (κ1) is 17.5. The Morgan fingerprint density at radius 2 is 2.10 bits per heavy atom. The van der Waals surface area contributed by atoms with E-state index in [2.05, 4.69) is 10.2 Å². The Kier molecular flexibility index (Phi) is 8.26. The number of aliphatic hydroxyl groups excluding tert-OH is 1. The summed E-state index contributed by atoms with van der Waals surface area (Å²) < 4.78 is 5.46. The quantitative estimate of drug-likeness (QED) is 0.685. The lowest BCUT2D eigenvalue weighted by Crippen LogP contribution is -2.32. The second-order valence-electron chi connectivity index (χ2n) is 4.90. The van der Waals surface area contributed by atoms with Crippen LogP contribution in [0, 0.1) is 0 Å². The van der Waals surface area contributed by atoms with Crippen LogP contribution >= 0.6 is 23.2 Å². The lowest BCUT2D eigenvalue weighted by atomic mass is 10.3. The molecule has 0 aliphatic rings. The second kappa shape index (κ2) is 9.42. The number of nitrogens with one attached hydrogen (secondary N) is 1. The average molecular weight is 321 g/mol. The van der Waals surface area contributed by atoms with E-state index in [9.17, 15) is 5.11 Å². The molecule has 1 unspecified atom stereocenters. The Bertz CT molecular complexity index is 403. The average Bonchev–Trinajstić information content (AvgIpc) is 2.39. The number of nitrogens with zero attached hydrogens (tertiary/aromatic N) is 1. The predicted octanol–water partition coefficient (Wildman–Crippen LogP) is 2.27. The standard InChI is InChI=1S/C14H22Cl2N2O2/c1-18(2)7-3-6-17-9-12(19)10-20-14-8-11(15)4-5-13(14)16/h4-5,8,12,17,19H,3,6-7,9-10H2,1-2H3. The van der Waals surface area contributed by atoms with Crippen molar-refractivity contribution >= 4 is 23.2 Å². The van der Waals surface area contributed by atoms with Crippen LogP contribution in [0.2, 0.25) is 10.0 Å². The van der Waals surface area contributed by atoms with Gasteiger partial charge in [0.1, 0.15) is 18.5 Å². The van der Waals surface area contributed by atoms with Crippen molar-refractivity contribution in [2.75, 3.05) is 40.3 Å². The highest BCUT2D eigenvalue weighted by Gasteiger charge is 2.07. The molecule has 1 aromatic carbocycles. The lowest BCUT2D eigenvalue weighted by Gasteiger charge is -2.15. The molecule has 0 saturated carbocycles. The van der Waals surface area contributed by atoms with Gasteiger partial charge in [0.05, 0.1) is 5.02 Å². The minimum Gasteiger partial charge on any atom is -0.489 e. The van der Waals surface area contributed by atoms with Gasteiger partial charge in [-0.3, -0.25) is 0 Å². The Balaban J connectivity index is 2.19. The first-order chi connectivity index (χ1) is 9.49. The molecule has 20 heavy (non-hydrogen) atoms. The van der Waals surface area contributed by atoms with Crippen molar-refractivity contribution < 1.29 is 9.84 Å². The van der Waals surface area contributed by atoms with Crippen molar-refractivity contribution in [3.05, 3.63) is 28.2 Å². The van der Waals surface area contributed by atoms with Crippen LogP contribution in [-0.4, -0.2) is 56.4 Å². The summed E-state index contributed by atoms with van der Waals surface area (Å²) in [5.41, 5.74) is 0. The number of benzene rings is 1. The van der Waals surface area contributed by atoms with E-state index < -0.39 is 6.10 Å². The highest BCUT2D eigenvalue weighted by atomic mass is 35.5. The monoisotopic (exact) mass is 320 g/mol. The van der Waals surface area contributed by atoms with Crippen LogP contribution in [0.5, 0.6) is 5.75 Å². The molecule has 0 heterocycles. The van der Waals surface area contributed by atoms with Crippen molar-refractivity contribution in [1.82, 2.24) is 10.2 Å². The van der Waals surface area contributed by atoms with Gasteiger partial charge in [-0.1, -0.05) is 23.2 Å². The van der Waals surface area contributed by atoms with E-state index in [-0.39, 0.29) is 6.61 Å². The summed E-state index contributed by atoms with van der Waals surface area (Å²) in [6.45, 7) is 2.57. The van der Waals surface area contributed by atoms with Crippen LogP contribution in [0.15, 0.2) is 18.2 Å². The largest absolute Gasteiger partial charge is 0.489 e. The number of ether oxygens (including phenoxy) is 1. The highest BCUT2D eigenvalue weighted by molar-refractivity contribution is 6.34. The van der Waals surface area contributed by atoms with E-state index in [1.807, 2.05) is 14.1 Å². The highest BCUT2D eigenvalue weighted by Crippen LogP contribution is 2.27. The Labute approximate surface area is 130 Å². The number of halogens is 2. The predicted molar refractivity (Wildman–Crippen MR) is 84.0 cm³/mol. The lowest BCUT2D eigenvalue weighted by molar-refractivity contribution is 0.106. The Hall–Kier alpha value is -0.520. The molecule has 2 N–H and O–H groups in total. The third-order valence-corrected chi connectivity index (χ3v) is 3.21. The molecule has 1 rings (SSSR count). The van der Waals surface area contributed by atoms with Gasteiger partial charge in [-0.25, -0.2) is 0 Å². The number of rotatable bonds is 9. The first-order valence-electron chi connectivity index (χ1n) is 6.60. The number of hydrogen-bond donors (Lipinski definition) is 2. The molecule has 0 saturated heterocycles. The molecule has 0 bridgehead atoms. The SMILES string of the molecule is CN(C)CCCNCC(O)COc1cc(Cl)ccc1Cl. The topological polar surface area (TPSA) is 44.7 Å². The molecule has 4 nitrogen and oxygen atoms in total. The van der Waals surface area contributed by atoms with Crippen molar-refractivity contribution in [2.45, 2.75) is 12.5 Å². The molecule has 0 aliphatic carbocycles. The van der Waals surface area contributed by atoms with Gasteiger partial charge in [0.25, 0.3) is 0 Å². The maximum atomic E-state index is 9.81. The van der Waals surface area contributed by atoms with Gasteiger partial charge >= 0.3 is 0 Å². The second-order valence-corrected chi connectivity index (χ2v) is 5.74. The summed E-state index contributed by atoms with van der Waals surface area (Å²) in [6.07, 6.45) is 0.463. The Morgan fingerprint density at radius 1 is 1.35 bits per heavy atom. The molecular weight excluding hydrogens is 299 g/mol. The van der Waals surface area contributed by atoms with E-state index in [1.54, 1.807) is 18.2 Å². The van der Waals surface area contributed by atoms with Crippen molar-refractivity contribution in [2.24, 2.45) is 0 Å². The van der Waals surface area contributed by atoms with Gasteiger partial charge in [0, 0.05) is 17.6 Å². The van der Waals surface area contributed by atoms with Gasteiger partial charge in [-0.15, -0.1) is 0 Å². The summed E-state index contributed by atoms with van der Waals surface area (Å²) in [4.78, 5) is 2.13. The van der Waals surface area contributed by atoms with E-state index in [4.69, 9.17) is 27.9 Å². The van der Waals surface area contributed by atoms with Crippen molar-refractivity contribution in [3.63, 3.8) is 0 Å². The van der Waals surface area contributed by atoms with E-state index in [0.717, 1.165) is 19.5 Å². The molecule has 114 valence electrons. The fourth-order valence-corrected chi connectivity index (χ4v) is 1.96. The number of hydrogen-bond acceptors (Lipinski definition) is 4. The fraction of sp³-hybridized carbons (Fsp3) is 0.571. The summed E-state index contributed by atoms with van der Waals surface area (Å²) in [7, 11) is 4.08. The molecule has 0 aromatic heterocycles. The maximum absolute atomic E-state index is 9.81. The van der Waals surface area contributed by atoms with Crippen LogP contribution in [0.1, 0.15) is 6.42 Å². The molecular formula is C14H22Cl2N2O2. The zero-order valence-corrected chi connectivity index (χ0v) is 13.4. The summed E-state index contributed by atoms with van der Waals surface area (Å²) in [6, 6.07) is 5.01. The van der Waals surface area contributed by atoms with Gasteiger partial charge in [-0.05, 0) is 45.7 Å². The minimum absolute atomic E-state index is 0.181. The molecule has 0 fully saturated rings. The molecule has 1 atom stereocenters. The summed E-state index contributed by atoms with van der Waals surface area (Å²) in [5, 5.41) is 14.0. The molecule has 0 aliphatic heterocycles. The molecule has 6 heteroatoms. The third-order valence-electron chi connectivity index (χ3n) is 2.66. The zero-order valence-electron chi connectivity index (χ0n) is 11.9. The minimum atomic E-state index is -0.579.